The van der Waals surface area contributed by atoms with E-state index in [4.69, 9.17) is 0 Å². The molecule has 148 valence electrons. The third-order valence-electron chi connectivity index (χ3n) is 4.94. The van der Waals surface area contributed by atoms with Gasteiger partial charge in [-0.05, 0) is 43.7 Å². The fourth-order valence-corrected chi connectivity index (χ4v) is 3.48. The van der Waals surface area contributed by atoms with Crippen molar-refractivity contribution in [3.05, 3.63) is 75.1 Å². The van der Waals surface area contributed by atoms with Gasteiger partial charge in [-0.1, -0.05) is 12.1 Å². The smallest absolute Gasteiger partial charge is 0.316 e. The van der Waals surface area contributed by atoms with Crippen LogP contribution in [0.3, 0.4) is 0 Å². The zero-order valence-corrected chi connectivity index (χ0v) is 16.0. The van der Waals surface area contributed by atoms with Gasteiger partial charge in [0.1, 0.15) is 0 Å². The molecule has 2 heterocycles. The third-order valence-corrected chi connectivity index (χ3v) is 4.94. The number of H-pyrrole nitrogens is 1. The van der Waals surface area contributed by atoms with Crippen molar-refractivity contribution in [2.45, 2.75) is 26.4 Å². The molecule has 0 aliphatic heterocycles. The van der Waals surface area contributed by atoms with Crippen LogP contribution in [0.25, 0.3) is 22.1 Å². The second-order valence-electron chi connectivity index (χ2n) is 6.77. The first-order valence-electron chi connectivity index (χ1n) is 9.53. The molecule has 2 aromatic heterocycles. The van der Waals surface area contributed by atoms with E-state index in [0.717, 1.165) is 24.0 Å². The van der Waals surface area contributed by atoms with Crippen LogP contribution in [0.4, 0.5) is 0 Å². The largest absolute Gasteiger partial charge is 0.352 e. The number of fused-ring (bicyclic) bond motifs is 2. The molecule has 0 fully saturated rings. The van der Waals surface area contributed by atoms with Crippen molar-refractivity contribution in [2.75, 3.05) is 6.54 Å². The summed E-state index contributed by atoms with van der Waals surface area (Å²) in [7, 11) is 0. The maximum atomic E-state index is 12.5. The minimum absolute atomic E-state index is 0.225. The Morgan fingerprint density at radius 3 is 2.79 bits per heavy atom. The molecule has 0 atom stereocenters. The van der Waals surface area contributed by atoms with Gasteiger partial charge in [0.05, 0.1) is 28.4 Å². The molecule has 0 spiro atoms. The Morgan fingerprint density at radius 1 is 1.14 bits per heavy atom. The standard InChI is InChI=1S/C21H21N5O3/c1-2-26-18-9-8-14(12-16(18)24-20(28)21(26)29)19(27)22-10-5-11-25-13-23-15-6-3-4-7-17(15)25/h3-4,6-9,12-13H,2,5,10-11H2,1H3,(H,22,27)(H,24,28). The van der Waals surface area contributed by atoms with Crippen molar-refractivity contribution in [2.24, 2.45) is 0 Å². The second kappa shape index (κ2) is 7.75. The van der Waals surface area contributed by atoms with Gasteiger partial charge < -0.3 is 19.4 Å². The minimum atomic E-state index is -0.690. The molecule has 0 saturated heterocycles. The second-order valence-corrected chi connectivity index (χ2v) is 6.77. The van der Waals surface area contributed by atoms with Crippen molar-refractivity contribution in [3.63, 3.8) is 0 Å². The maximum absolute atomic E-state index is 12.5. The molecule has 2 N–H and O–H groups in total. The van der Waals surface area contributed by atoms with Gasteiger partial charge in [-0.25, -0.2) is 4.98 Å². The average molecular weight is 391 g/mol. The number of para-hydroxylation sites is 2. The SMILES string of the molecule is CCn1c(=O)c(=O)[nH]c2cc(C(=O)NCCCn3cnc4ccccc43)ccc21. The normalized spacial score (nSPS) is 11.2. The Morgan fingerprint density at radius 2 is 1.97 bits per heavy atom. The summed E-state index contributed by atoms with van der Waals surface area (Å²) in [6.45, 7) is 3.43. The van der Waals surface area contributed by atoms with Crippen LogP contribution in [0.15, 0.2) is 58.4 Å². The number of carbonyl (C=O) groups excluding carboxylic acids is 1. The predicted molar refractivity (Wildman–Crippen MR) is 111 cm³/mol. The highest BCUT2D eigenvalue weighted by Gasteiger charge is 2.10. The Bertz CT molecular complexity index is 1320. The highest BCUT2D eigenvalue weighted by molar-refractivity contribution is 5.97. The van der Waals surface area contributed by atoms with Crippen molar-refractivity contribution in [1.82, 2.24) is 24.4 Å². The lowest BCUT2D eigenvalue weighted by Gasteiger charge is -2.10. The number of amides is 1. The van der Waals surface area contributed by atoms with Gasteiger partial charge in [-0.3, -0.25) is 14.4 Å². The fraction of sp³-hybridized carbons (Fsp3) is 0.238. The summed E-state index contributed by atoms with van der Waals surface area (Å²) in [6.07, 6.45) is 2.56. The molecule has 29 heavy (non-hydrogen) atoms. The molecule has 0 bridgehead atoms. The average Bonchev–Trinajstić information content (AvgIpc) is 3.15. The summed E-state index contributed by atoms with van der Waals surface area (Å²) in [5.74, 6) is -0.225. The van der Waals surface area contributed by atoms with Gasteiger partial charge in [-0.15, -0.1) is 0 Å². The van der Waals surface area contributed by atoms with E-state index < -0.39 is 11.1 Å². The molecular formula is C21H21N5O3. The fourth-order valence-electron chi connectivity index (χ4n) is 3.48. The van der Waals surface area contributed by atoms with E-state index in [-0.39, 0.29) is 5.91 Å². The number of imidazole rings is 1. The maximum Gasteiger partial charge on any atom is 0.316 e. The number of carbonyl (C=O) groups is 1. The minimum Gasteiger partial charge on any atom is -0.352 e. The van der Waals surface area contributed by atoms with Crippen LogP contribution in [-0.4, -0.2) is 31.6 Å². The molecule has 1 amide bonds. The van der Waals surface area contributed by atoms with Crippen LogP contribution in [-0.2, 0) is 13.1 Å². The quantitative estimate of drug-likeness (QED) is 0.387. The Hall–Kier alpha value is -3.68. The summed E-state index contributed by atoms with van der Waals surface area (Å²) in [5.41, 5.74) is 2.23. The topological polar surface area (TPSA) is 102 Å². The van der Waals surface area contributed by atoms with E-state index in [0.29, 0.717) is 29.7 Å². The number of nitrogens with zero attached hydrogens (tertiary/aromatic N) is 3. The first-order valence-corrected chi connectivity index (χ1v) is 9.53. The summed E-state index contributed by atoms with van der Waals surface area (Å²) >= 11 is 0. The molecular weight excluding hydrogens is 370 g/mol. The lowest BCUT2D eigenvalue weighted by Crippen LogP contribution is -2.36. The molecule has 8 heteroatoms. The highest BCUT2D eigenvalue weighted by Crippen LogP contribution is 2.13. The molecule has 2 aromatic carbocycles. The highest BCUT2D eigenvalue weighted by atomic mass is 16.2. The number of nitrogens with one attached hydrogen (secondary N) is 2. The molecule has 0 saturated carbocycles. The number of aromatic amines is 1. The van der Waals surface area contributed by atoms with E-state index in [1.54, 1.807) is 31.5 Å². The zero-order chi connectivity index (χ0) is 20.4. The number of aryl methyl sites for hydroxylation is 2. The van der Waals surface area contributed by atoms with Crippen LogP contribution >= 0.6 is 0 Å². The summed E-state index contributed by atoms with van der Waals surface area (Å²) in [6, 6.07) is 12.9. The monoisotopic (exact) mass is 391 g/mol. The number of benzene rings is 2. The Balaban J connectivity index is 1.43. The van der Waals surface area contributed by atoms with Crippen molar-refractivity contribution in [3.8, 4) is 0 Å². The summed E-state index contributed by atoms with van der Waals surface area (Å²) in [5, 5.41) is 2.90. The van der Waals surface area contributed by atoms with E-state index >= 15 is 0 Å². The molecule has 0 aliphatic rings. The molecule has 4 aromatic rings. The third kappa shape index (κ3) is 3.56. The molecule has 0 unspecified atom stereocenters. The van der Waals surface area contributed by atoms with Crippen LogP contribution in [0.1, 0.15) is 23.7 Å². The van der Waals surface area contributed by atoms with Crippen molar-refractivity contribution < 1.29 is 4.79 Å². The number of hydrogen-bond acceptors (Lipinski definition) is 4. The molecule has 0 radical (unpaired) electrons. The molecule has 8 nitrogen and oxygen atoms in total. The van der Waals surface area contributed by atoms with Gasteiger partial charge in [-0.2, -0.15) is 0 Å². The zero-order valence-electron chi connectivity index (χ0n) is 16.0. The molecule has 4 rings (SSSR count). The lowest BCUT2D eigenvalue weighted by molar-refractivity contribution is 0.0953. The first kappa shape index (κ1) is 18.7. The van der Waals surface area contributed by atoms with E-state index in [1.165, 1.54) is 4.57 Å². The van der Waals surface area contributed by atoms with E-state index in [9.17, 15) is 14.4 Å². The lowest BCUT2D eigenvalue weighted by atomic mass is 10.1. The Kier molecular flexibility index (Phi) is 4.99. The van der Waals surface area contributed by atoms with Crippen LogP contribution in [0.2, 0.25) is 0 Å². The van der Waals surface area contributed by atoms with Gasteiger partial charge in [0, 0.05) is 25.2 Å². The van der Waals surface area contributed by atoms with E-state index in [2.05, 4.69) is 19.9 Å². The number of aromatic nitrogens is 4. The van der Waals surface area contributed by atoms with Gasteiger partial charge in [0.25, 0.3) is 5.91 Å². The number of rotatable bonds is 6. The van der Waals surface area contributed by atoms with Crippen LogP contribution in [0, 0.1) is 0 Å². The Labute approximate surface area is 165 Å². The van der Waals surface area contributed by atoms with Crippen molar-refractivity contribution in [1.29, 1.82) is 0 Å². The van der Waals surface area contributed by atoms with Gasteiger partial charge in [0.2, 0.25) is 0 Å². The van der Waals surface area contributed by atoms with Crippen LogP contribution in [0.5, 0.6) is 0 Å². The van der Waals surface area contributed by atoms with E-state index in [1.807, 2.05) is 24.3 Å². The van der Waals surface area contributed by atoms with Gasteiger partial charge in [0.15, 0.2) is 0 Å². The van der Waals surface area contributed by atoms with Crippen molar-refractivity contribution >= 4 is 28.0 Å². The number of hydrogen-bond donors (Lipinski definition) is 2. The first-order chi connectivity index (χ1) is 14.1. The predicted octanol–water partition coefficient (Wildman–Crippen LogP) is 1.88. The summed E-state index contributed by atoms with van der Waals surface area (Å²) < 4.78 is 3.46. The van der Waals surface area contributed by atoms with Crippen LogP contribution < -0.4 is 16.4 Å². The molecule has 0 aliphatic carbocycles. The van der Waals surface area contributed by atoms with Gasteiger partial charge >= 0.3 is 11.1 Å². The summed E-state index contributed by atoms with van der Waals surface area (Å²) in [4.78, 5) is 43.1.